The zero-order valence-corrected chi connectivity index (χ0v) is 16.4. The average molecular weight is 415 g/mol. The van der Waals surface area contributed by atoms with Crippen molar-refractivity contribution in [2.75, 3.05) is 19.5 Å². The third-order valence-corrected chi connectivity index (χ3v) is 4.54. The maximum Gasteiger partial charge on any atom is 0.416 e. The Morgan fingerprint density at radius 3 is 2.20 bits per heavy atom. The minimum atomic E-state index is -4.41. The third kappa shape index (κ3) is 4.87. The Kier molecular flexibility index (Phi) is 6.54. The molecule has 0 aliphatic carbocycles. The van der Waals surface area contributed by atoms with Crippen LogP contribution < -0.4 is 5.32 Å². The first-order valence-electron chi connectivity index (χ1n) is 9.07. The summed E-state index contributed by atoms with van der Waals surface area (Å²) in [4.78, 5) is 12.9. The number of nitrogens with one attached hydrogen (secondary N) is 1. The van der Waals surface area contributed by atoms with Gasteiger partial charge >= 0.3 is 6.18 Å². The highest BCUT2D eigenvalue weighted by Crippen LogP contribution is 2.32. The second-order valence-electron chi connectivity index (χ2n) is 6.50. The number of methoxy groups -OCH3 is 2. The van der Waals surface area contributed by atoms with Gasteiger partial charge in [-0.1, -0.05) is 42.5 Å². The summed E-state index contributed by atoms with van der Waals surface area (Å²) in [5.41, 5.74) is 1.93. The van der Waals surface area contributed by atoms with Crippen molar-refractivity contribution < 1.29 is 27.4 Å². The maximum atomic E-state index is 12.9. The molecular weight excluding hydrogens is 395 g/mol. The fourth-order valence-corrected chi connectivity index (χ4v) is 3.10. The predicted molar refractivity (Wildman–Crippen MR) is 108 cm³/mol. The molecule has 3 aromatic rings. The van der Waals surface area contributed by atoms with E-state index in [0.717, 1.165) is 17.7 Å². The maximum absolute atomic E-state index is 12.9. The molecule has 0 saturated heterocycles. The second kappa shape index (κ2) is 9.11. The number of rotatable bonds is 6. The van der Waals surface area contributed by atoms with Crippen molar-refractivity contribution in [3.05, 3.63) is 89.5 Å². The van der Waals surface area contributed by atoms with Crippen molar-refractivity contribution in [2.45, 2.75) is 12.5 Å². The highest BCUT2D eigenvalue weighted by atomic mass is 19.4. The summed E-state index contributed by atoms with van der Waals surface area (Å²) in [6.45, 7) is 0. The van der Waals surface area contributed by atoms with Crippen LogP contribution in [0.2, 0.25) is 0 Å². The number of hydrogen-bond acceptors (Lipinski definition) is 3. The van der Waals surface area contributed by atoms with Crippen LogP contribution in [-0.4, -0.2) is 20.1 Å². The van der Waals surface area contributed by atoms with E-state index < -0.39 is 18.0 Å². The topological polar surface area (TPSA) is 47.6 Å². The molecule has 0 fully saturated rings. The molecule has 0 aliphatic rings. The van der Waals surface area contributed by atoms with E-state index in [2.05, 4.69) is 5.32 Å². The highest BCUT2D eigenvalue weighted by Gasteiger charge is 2.30. The summed E-state index contributed by atoms with van der Waals surface area (Å²) in [5, 5.41) is 2.82. The Labute approximate surface area is 172 Å². The van der Waals surface area contributed by atoms with Crippen LogP contribution in [0.1, 0.15) is 27.8 Å². The van der Waals surface area contributed by atoms with E-state index in [1.165, 1.54) is 26.4 Å². The smallest absolute Gasteiger partial charge is 0.352 e. The summed E-state index contributed by atoms with van der Waals surface area (Å²) >= 11 is 0. The molecule has 0 unspecified atom stereocenters. The van der Waals surface area contributed by atoms with Gasteiger partial charge in [0.25, 0.3) is 5.91 Å². The van der Waals surface area contributed by atoms with Gasteiger partial charge < -0.3 is 14.8 Å². The summed E-state index contributed by atoms with van der Waals surface area (Å²) in [5.74, 6) is -0.381. The molecule has 0 saturated carbocycles. The van der Waals surface area contributed by atoms with Crippen LogP contribution in [0, 0.1) is 0 Å². The van der Waals surface area contributed by atoms with Gasteiger partial charge in [0, 0.05) is 31.0 Å². The second-order valence-corrected chi connectivity index (χ2v) is 6.50. The van der Waals surface area contributed by atoms with E-state index in [0.29, 0.717) is 22.4 Å². The summed E-state index contributed by atoms with van der Waals surface area (Å²) in [6, 6.07) is 18.5. The molecule has 7 heteroatoms. The minimum Gasteiger partial charge on any atom is -0.352 e. The Morgan fingerprint density at radius 2 is 1.57 bits per heavy atom. The van der Waals surface area contributed by atoms with E-state index in [9.17, 15) is 18.0 Å². The zero-order valence-electron chi connectivity index (χ0n) is 16.4. The van der Waals surface area contributed by atoms with Gasteiger partial charge in [-0.2, -0.15) is 13.2 Å². The van der Waals surface area contributed by atoms with Crippen LogP contribution >= 0.6 is 0 Å². The molecule has 0 spiro atoms. The largest absolute Gasteiger partial charge is 0.416 e. The van der Waals surface area contributed by atoms with E-state index in [4.69, 9.17) is 9.47 Å². The molecule has 0 atom stereocenters. The van der Waals surface area contributed by atoms with E-state index in [-0.39, 0.29) is 5.91 Å². The number of alkyl halides is 3. The molecule has 30 heavy (non-hydrogen) atoms. The van der Waals surface area contributed by atoms with Gasteiger partial charge in [-0.15, -0.1) is 0 Å². The van der Waals surface area contributed by atoms with Crippen LogP contribution in [0.25, 0.3) is 11.1 Å². The van der Waals surface area contributed by atoms with Crippen molar-refractivity contribution in [3.8, 4) is 11.1 Å². The number of carbonyl (C=O) groups is 1. The molecule has 0 bridgehead atoms. The van der Waals surface area contributed by atoms with Crippen molar-refractivity contribution in [2.24, 2.45) is 0 Å². The predicted octanol–water partition coefficient (Wildman–Crippen LogP) is 5.92. The molecule has 156 valence electrons. The van der Waals surface area contributed by atoms with Gasteiger partial charge in [-0.05, 0) is 41.5 Å². The minimum absolute atomic E-state index is 0.345. The molecule has 4 nitrogen and oxygen atoms in total. The molecule has 3 aromatic carbocycles. The van der Waals surface area contributed by atoms with Gasteiger partial charge in [0.2, 0.25) is 0 Å². The lowest BCUT2D eigenvalue weighted by molar-refractivity contribution is -0.137. The van der Waals surface area contributed by atoms with Crippen molar-refractivity contribution in [1.82, 2.24) is 0 Å². The van der Waals surface area contributed by atoms with Crippen molar-refractivity contribution >= 4 is 11.6 Å². The number of amides is 1. The van der Waals surface area contributed by atoms with Gasteiger partial charge in [0.1, 0.15) is 0 Å². The van der Waals surface area contributed by atoms with Gasteiger partial charge in [0.15, 0.2) is 6.29 Å². The van der Waals surface area contributed by atoms with Crippen molar-refractivity contribution in [1.29, 1.82) is 0 Å². The molecule has 0 aliphatic heterocycles. The number of hydrogen-bond donors (Lipinski definition) is 1. The first kappa shape index (κ1) is 21.5. The van der Waals surface area contributed by atoms with Crippen LogP contribution in [0.5, 0.6) is 0 Å². The quantitative estimate of drug-likeness (QED) is 0.509. The Bertz CT molecular complexity index is 1010. The first-order chi connectivity index (χ1) is 14.3. The molecule has 3 rings (SSSR count). The Hall–Kier alpha value is -3.16. The molecule has 0 heterocycles. The van der Waals surface area contributed by atoms with E-state index >= 15 is 0 Å². The highest BCUT2D eigenvalue weighted by molar-refractivity contribution is 6.08. The van der Waals surface area contributed by atoms with Gasteiger partial charge in [-0.25, -0.2) is 0 Å². The van der Waals surface area contributed by atoms with Gasteiger partial charge in [0.05, 0.1) is 5.56 Å². The van der Waals surface area contributed by atoms with E-state index in [1.807, 2.05) is 6.07 Å². The Morgan fingerprint density at radius 1 is 0.900 bits per heavy atom. The fraction of sp³-hybridized carbons (Fsp3) is 0.174. The molecule has 0 radical (unpaired) electrons. The zero-order chi connectivity index (χ0) is 21.7. The van der Waals surface area contributed by atoms with Crippen molar-refractivity contribution in [3.63, 3.8) is 0 Å². The average Bonchev–Trinajstić information content (AvgIpc) is 2.74. The van der Waals surface area contributed by atoms with Gasteiger partial charge in [-0.3, -0.25) is 4.79 Å². The molecule has 1 amide bonds. The number of halogens is 3. The van der Waals surface area contributed by atoms with Crippen LogP contribution in [0.15, 0.2) is 72.8 Å². The number of benzene rings is 3. The lowest BCUT2D eigenvalue weighted by atomic mass is 9.98. The molecule has 1 N–H and O–H groups in total. The van der Waals surface area contributed by atoms with E-state index in [1.54, 1.807) is 42.5 Å². The fourth-order valence-electron chi connectivity index (χ4n) is 3.10. The summed E-state index contributed by atoms with van der Waals surface area (Å²) in [6.07, 6.45) is -4.98. The molecular formula is C23H20F3NO3. The Balaban J connectivity index is 1.87. The number of ether oxygens (including phenoxy) is 2. The monoisotopic (exact) mass is 415 g/mol. The number of carbonyl (C=O) groups excluding carboxylic acids is 1. The van der Waals surface area contributed by atoms with Crippen LogP contribution in [0.4, 0.5) is 18.9 Å². The number of anilines is 1. The SMILES string of the molecule is COC(OC)c1cccc(NC(=O)c2ccccc2-c2ccc(C(F)(F)F)cc2)c1. The summed E-state index contributed by atoms with van der Waals surface area (Å²) in [7, 11) is 3.03. The van der Waals surface area contributed by atoms with Crippen LogP contribution in [0.3, 0.4) is 0 Å². The van der Waals surface area contributed by atoms with Crippen LogP contribution in [-0.2, 0) is 15.7 Å². The summed E-state index contributed by atoms with van der Waals surface area (Å²) < 4.78 is 48.9. The normalized spacial score (nSPS) is 11.5. The molecule has 0 aromatic heterocycles. The third-order valence-electron chi connectivity index (χ3n) is 4.54. The lowest BCUT2D eigenvalue weighted by Crippen LogP contribution is -2.14. The first-order valence-corrected chi connectivity index (χ1v) is 9.07. The lowest BCUT2D eigenvalue weighted by Gasteiger charge is -2.15. The standard InChI is InChI=1S/C23H20F3NO3/c1-29-22(30-2)16-6-5-7-18(14-16)27-21(28)20-9-4-3-8-19(20)15-10-12-17(13-11-15)23(24,25)26/h3-14,22H,1-2H3,(H,27,28).